The molecule has 284 valence electrons. The average Bonchev–Trinajstić information content (AvgIpc) is 3.53. The molecule has 8 nitrogen and oxygen atoms in total. The summed E-state index contributed by atoms with van der Waals surface area (Å²) in [6.07, 6.45) is 0.930. The van der Waals surface area contributed by atoms with Gasteiger partial charge in [-0.25, -0.2) is 0 Å². The lowest BCUT2D eigenvalue weighted by atomic mass is 9.79. The Labute approximate surface area is 327 Å². The first-order chi connectivity index (χ1) is 26.9. The SMILES string of the molecule is Cc1ccc(C(OC(=O)CCOCCNC(=O)CCOCCCC(=O)OCC2c3ccccc3-c3ccccc32)(c2ccccc2)c2ccccc2Cl)cc1. The molecule has 1 aliphatic carbocycles. The number of carbonyl (C=O) groups excluding carboxylic acids is 3. The van der Waals surface area contributed by atoms with E-state index in [9.17, 15) is 14.4 Å². The lowest BCUT2D eigenvalue weighted by Gasteiger charge is -2.36. The van der Waals surface area contributed by atoms with Crippen molar-refractivity contribution in [3.8, 4) is 11.1 Å². The Hall–Kier alpha value is -5.28. The van der Waals surface area contributed by atoms with Crippen LogP contribution < -0.4 is 5.32 Å². The smallest absolute Gasteiger partial charge is 0.309 e. The fourth-order valence-corrected chi connectivity index (χ4v) is 7.23. The molecular weight excluding hydrogens is 714 g/mol. The third-order valence-electron chi connectivity index (χ3n) is 9.69. The Morgan fingerprint density at radius 3 is 1.95 bits per heavy atom. The third-order valence-corrected chi connectivity index (χ3v) is 10.0. The van der Waals surface area contributed by atoms with Crippen LogP contribution in [0.3, 0.4) is 0 Å². The van der Waals surface area contributed by atoms with Crippen molar-refractivity contribution >= 4 is 29.4 Å². The summed E-state index contributed by atoms with van der Waals surface area (Å²) in [5, 5.41) is 3.28. The molecule has 1 aliphatic rings. The molecule has 1 unspecified atom stereocenters. The van der Waals surface area contributed by atoms with Crippen LogP contribution in [0.4, 0.5) is 0 Å². The van der Waals surface area contributed by atoms with E-state index in [-0.39, 0.29) is 63.4 Å². The molecular formula is C46H46ClNO7. The maximum atomic E-state index is 13.4. The van der Waals surface area contributed by atoms with E-state index in [0.29, 0.717) is 30.2 Å². The Bertz CT molecular complexity index is 2010. The molecule has 5 aromatic rings. The summed E-state index contributed by atoms with van der Waals surface area (Å²) >= 11 is 6.75. The van der Waals surface area contributed by atoms with Crippen LogP contribution >= 0.6 is 11.6 Å². The second kappa shape index (κ2) is 19.4. The zero-order valence-corrected chi connectivity index (χ0v) is 31.8. The number of benzene rings is 5. The number of carbonyl (C=O) groups is 3. The summed E-state index contributed by atoms with van der Waals surface area (Å²) in [4.78, 5) is 38.2. The van der Waals surface area contributed by atoms with Gasteiger partial charge in [-0.15, -0.1) is 0 Å². The molecule has 1 amide bonds. The van der Waals surface area contributed by atoms with Gasteiger partial charge in [0.1, 0.15) is 6.61 Å². The molecule has 0 saturated carbocycles. The standard InChI is InChI=1S/C46H46ClNO7/c1-33-21-23-35(24-22-33)46(34-12-3-2-4-13-34,41-18-9-10-19-42(41)47)55-45(51)26-30-53-31-27-48-43(49)25-29-52-28-11-20-44(50)54-32-40-38-16-7-5-14-36(38)37-15-6-8-17-39(37)40/h2-10,12-19,21-24,40H,11,20,25-32H2,1H3,(H,48,49). The van der Waals surface area contributed by atoms with Crippen molar-refractivity contribution in [2.75, 3.05) is 39.6 Å². The van der Waals surface area contributed by atoms with Gasteiger partial charge in [-0.1, -0.05) is 138 Å². The first kappa shape index (κ1) is 39.4. The largest absolute Gasteiger partial charge is 0.465 e. The number of hydrogen-bond donors (Lipinski definition) is 1. The van der Waals surface area contributed by atoms with Crippen LogP contribution in [0.1, 0.15) is 65.0 Å². The Balaban J connectivity index is 0.869. The lowest BCUT2D eigenvalue weighted by Crippen LogP contribution is -2.36. The number of halogens is 1. The van der Waals surface area contributed by atoms with Crippen LogP contribution in [-0.4, -0.2) is 57.4 Å². The highest BCUT2D eigenvalue weighted by atomic mass is 35.5. The Morgan fingerprint density at radius 1 is 0.636 bits per heavy atom. The third kappa shape index (κ3) is 9.89. The van der Waals surface area contributed by atoms with Crippen molar-refractivity contribution in [3.05, 3.63) is 166 Å². The first-order valence-electron chi connectivity index (χ1n) is 18.7. The molecule has 0 saturated heterocycles. The number of hydrogen-bond acceptors (Lipinski definition) is 7. The summed E-state index contributed by atoms with van der Waals surface area (Å²) in [5.74, 6) is -0.865. The van der Waals surface area contributed by atoms with E-state index >= 15 is 0 Å². The highest BCUT2D eigenvalue weighted by Gasteiger charge is 2.42. The number of rotatable bonds is 19. The van der Waals surface area contributed by atoms with E-state index < -0.39 is 11.6 Å². The molecule has 6 rings (SSSR count). The quantitative estimate of drug-likeness (QED) is 0.0512. The van der Waals surface area contributed by atoms with Gasteiger partial charge in [0.25, 0.3) is 0 Å². The van der Waals surface area contributed by atoms with Crippen LogP contribution in [0.5, 0.6) is 0 Å². The van der Waals surface area contributed by atoms with Crippen molar-refractivity contribution in [2.24, 2.45) is 0 Å². The van der Waals surface area contributed by atoms with Crippen molar-refractivity contribution in [2.45, 2.75) is 44.1 Å². The number of nitrogens with one attached hydrogen (secondary N) is 1. The Kier molecular flexibility index (Phi) is 13.9. The maximum absolute atomic E-state index is 13.4. The maximum Gasteiger partial charge on any atom is 0.309 e. The van der Waals surface area contributed by atoms with E-state index in [2.05, 4.69) is 29.6 Å². The summed E-state index contributed by atoms with van der Waals surface area (Å²) in [6, 6.07) is 41.3. The van der Waals surface area contributed by atoms with Gasteiger partial charge < -0.3 is 24.3 Å². The van der Waals surface area contributed by atoms with Gasteiger partial charge >= 0.3 is 11.9 Å². The van der Waals surface area contributed by atoms with E-state index in [1.54, 1.807) is 6.07 Å². The van der Waals surface area contributed by atoms with Crippen LogP contribution in [0, 0.1) is 6.92 Å². The highest BCUT2D eigenvalue weighted by Crippen LogP contribution is 2.45. The van der Waals surface area contributed by atoms with Gasteiger partial charge in [0, 0.05) is 53.6 Å². The zero-order chi connectivity index (χ0) is 38.5. The molecule has 0 bridgehead atoms. The fraction of sp³-hybridized carbons (Fsp3) is 0.283. The molecule has 0 aromatic heterocycles. The molecule has 55 heavy (non-hydrogen) atoms. The first-order valence-corrected chi connectivity index (χ1v) is 19.1. The number of ether oxygens (including phenoxy) is 4. The molecule has 0 aliphatic heterocycles. The van der Waals surface area contributed by atoms with Gasteiger partial charge in [-0.3, -0.25) is 14.4 Å². The van der Waals surface area contributed by atoms with Gasteiger partial charge in [0.2, 0.25) is 5.91 Å². The zero-order valence-electron chi connectivity index (χ0n) is 31.0. The minimum Gasteiger partial charge on any atom is -0.465 e. The fourth-order valence-electron chi connectivity index (χ4n) is 6.96. The molecule has 5 aromatic carbocycles. The van der Waals surface area contributed by atoms with Crippen LogP contribution in [-0.2, 0) is 38.9 Å². The average molecular weight is 760 g/mol. The minimum absolute atomic E-state index is 0.00270. The van der Waals surface area contributed by atoms with Crippen LogP contribution in [0.15, 0.2) is 127 Å². The molecule has 1 N–H and O–H groups in total. The van der Waals surface area contributed by atoms with E-state index in [1.165, 1.54) is 22.3 Å². The molecule has 0 spiro atoms. The van der Waals surface area contributed by atoms with Crippen molar-refractivity contribution < 1.29 is 33.3 Å². The summed E-state index contributed by atoms with van der Waals surface area (Å²) < 4.78 is 23.3. The highest BCUT2D eigenvalue weighted by molar-refractivity contribution is 6.31. The van der Waals surface area contributed by atoms with Crippen LogP contribution in [0.2, 0.25) is 5.02 Å². The summed E-state index contributed by atoms with van der Waals surface area (Å²) in [6.45, 7) is 3.51. The number of aryl methyl sites for hydroxylation is 1. The number of amides is 1. The molecule has 9 heteroatoms. The topological polar surface area (TPSA) is 100 Å². The minimum atomic E-state index is -1.28. The predicted octanol–water partition coefficient (Wildman–Crippen LogP) is 8.55. The van der Waals surface area contributed by atoms with Crippen LogP contribution in [0.25, 0.3) is 11.1 Å². The normalized spacial score (nSPS) is 13.0. The predicted molar refractivity (Wildman–Crippen MR) is 213 cm³/mol. The summed E-state index contributed by atoms with van der Waals surface area (Å²) in [7, 11) is 0. The van der Waals surface area contributed by atoms with Crippen molar-refractivity contribution in [3.63, 3.8) is 0 Å². The van der Waals surface area contributed by atoms with E-state index in [0.717, 1.165) is 16.7 Å². The van der Waals surface area contributed by atoms with Gasteiger partial charge in [0.15, 0.2) is 5.60 Å². The second-order valence-corrected chi connectivity index (χ2v) is 13.9. The monoisotopic (exact) mass is 759 g/mol. The van der Waals surface area contributed by atoms with Gasteiger partial charge in [0.05, 0.1) is 26.2 Å². The van der Waals surface area contributed by atoms with E-state index in [4.69, 9.17) is 30.5 Å². The molecule has 0 fully saturated rings. The molecule has 0 heterocycles. The summed E-state index contributed by atoms with van der Waals surface area (Å²) in [5.41, 5.74) is 6.74. The van der Waals surface area contributed by atoms with E-state index in [1.807, 2.05) is 104 Å². The van der Waals surface area contributed by atoms with Crippen molar-refractivity contribution in [1.29, 1.82) is 0 Å². The number of fused-ring (bicyclic) bond motifs is 3. The van der Waals surface area contributed by atoms with Gasteiger partial charge in [-0.05, 0) is 41.7 Å². The molecule has 0 radical (unpaired) electrons. The Morgan fingerprint density at radius 2 is 1.24 bits per heavy atom. The number of esters is 2. The molecule has 1 atom stereocenters. The van der Waals surface area contributed by atoms with Crippen molar-refractivity contribution in [1.82, 2.24) is 5.32 Å². The lowest BCUT2D eigenvalue weighted by molar-refractivity contribution is -0.154. The van der Waals surface area contributed by atoms with Gasteiger partial charge in [-0.2, -0.15) is 0 Å². The second-order valence-electron chi connectivity index (χ2n) is 13.5.